The molecule has 6 heteroatoms. The van der Waals surface area contributed by atoms with Gasteiger partial charge in [0.05, 0.1) is 17.0 Å². The van der Waals surface area contributed by atoms with Crippen LogP contribution in [0.4, 0.5) is 10.1 Å². The van der Waals surface area contributed by atoms with Crippen LogP contribution in [0.2, 0.25) is 0 Å². The van der Waals surface area contributed by atoms with Crippen molar-refractivity contribution in [3.63, 3.8) is 0 Å². The maximum atomic E-state index is 13.6. The minimum atomic E-state index is -3.01. The van der Waals surface area contributed by atoms with Crippen molar-refractivity contribution >= 4 is 26.4 Å². The minimum absolute atomic E-state index is 0.0459. The Balaban J connectivity index is 2.10. The number of anilines is 1. The number of fused-ring (bicyclic) bond motifs is 1. The third-order valence-corrected chi connectivity index (χ3v) is 5.84. The number of rotatable bonds is 1. The fraction of sp³-hybridized carbons (Fsp3) is 0.438. The van der Waals surface area contributed by atoms with E-state index >= 15 is 0 Å². The summed E-state index contributed by atoms with van der Waals surface area (Å²) in [6.45, 7) is 4.91. The lowest BCUT2D eigenvalue weighted by Gasteiger charge is -2.26. The summed E-state index contributed by atoms with van der Waals surface area (Å²) in [6.07, 6.45) is 0. The molecule has 1 aliphatic heterocycles. The number of hydrogen-bond acceptors (Lipinski definition) is 4. The van der Waals surface area contributed by atoms with Crippen molar-refractivity contribution in [3.8, 4) is 0 Å². The highest BCUT2D eigenvalue weighted by Gasteiger charge is 2.25. The fourth-order valence-electron chi connectivity index (χ4n) is 3.08. The zero-order chi connectivity index (χ0) is 15.9. The molecule has 2 aromatic rings. The number of aryl methyl sites for hydroxylation is 1. The van der Waals surface area contributed by atoms with E-state index in [9.17, 15) is 12.8 Å². The lowest BCUT2D eigenvalue weighted by molar-refractivity contribution is 0.581. The highest BCUT2D eigenvalue weighted by molar-refractivity contribution is 7.91. The SMILES string of the molecule is Cc1cc(N2CCS(=O)(=O)CC(C)C2)c2cc(F)ccc2n1. The van der Waals surface area contributed by atoms with Gasteiger partial charge in [0.25, 0.3) is 0 Å². The van der Waals surface area contributed by atoms with Crippen molar-refractivity contribution in [1.82, 2.24) is 4.98 Å². The van der Waals surface area contributed by atoms with Crippen LogP contribution in [0.15, 0.2) is 24.3 Å². The molecule has 3 rings (SSSR count). The average molecular weight is 322 g/mol. The summed E-state index contributed by atoms with van der Waals surface area (Å²) in [7, 11) is -3.01. The first-order valence-corrected chi connectivity index (χ1v) is 9.18. The highest BCUT2D eigenvalue weighted by Crippen LogP contribution is 2.29. The Morgan fingerprint density at radius 1 is 1.32 bits per heavy atom. The van der Waals surface area contributed by atoms with Gasteiger partial charge < -0.3 is 4.90 Å². The van der Waals surface area contributed by atoms with Crippen LogP contribution in [0.5, 0.6) is 0 Å². The van der Waals surface area contributed by atoms with Crippen LogP contribution in [-0.4, -0.2) is 38.0 Å². The standard InChI is InChI=1S/C16H19FN2O2S/c1-11-9-19(5-6-22(20,21)10-11)16-7-12(2)18-15-4-3-13(17)8-14(15)16/h3-4,7-8,11H,5-6,9-10H2,1-2H3. The Morgan fingerprint density at radius 2 is 2.09 bits per heavy atom. The van der Waals surface area contributed by atoms with Crippen LogP contribution >= 0.6 is 0 Å². The molecule has 1 aromatic heterocycles. The largest absolute Gasteiger partial charge is 0.370 e. The number of nitrogens with zero attached hydrogens (tertiary/aromatic N) is 2. The third kappa shape index (κ3) is 3.06. The van der Waals surface area contributed by atoms with E-state index in [1.165, 1.54) is 12.1 Å². The van der Waals surface area contributed by atoms with E-state index in [1.807, 2.05) is 24.8 Å². The molecule has 0 saturated carbocycles. The molecule has 0 bridgehead atoms. The maximum Gasteiger partial charge on any atom is 0.152 e. The number of benzene rings is 1. The monoisotopic (exact) mass is 322 g/mol. The molecule has 0 spiro atoms. The first kappa shape index (κ1) is 15.2. The Kier molecular flexibility index (Phi) is 3.80. The average Bonchev–Trinajstić information content (AvgIpc) is 2.55. The summed E-state index contributed by atoms with van der Waals surface area (Å²) in [5, 5.41) is 0.733. The van der Waals surface area contributed by atoms with Crippen LogP contribution < -0.4 is 4.90 Å². The zero-order valence-electron chi connectivity index (χ0n) is 12.7. The van der Waals surface area contributed by atoms with Crippen molar-refractivity contribution in [3.05, 3.63) is 35.8 Å². The molecule has 118 valence electrons. The number of aromatic nitrogens is 1. The molecule has 0 N–H and O–H groups in total. The van der Waals surface area contributed by atoms with Gasteiger partial charge in [-0.3, -0.25) is 4.98 Å². The molecule has 1 aromatic carbocycles. The second-order valence-corrected chi connectivity index (χ2v) is 8.34. The van der Waals surface area contributed by atoms with Crippen LogP contribution in [0.25, 0.3) is 10.9 Å². The van der Waals surface area contributed by atoms with E-state index in [0.717, 1.165) is 22.3 Å². The summed E-state index contributed by atoms with van der Waals surface area (Å²) in [5.74, 6) is 0.0783. The predicted octanol–water partition coefficient (Wildman–Crippen LogP) is 2.55. The topological polar surface area (TPSA) is 50.3 Å². The molecule has 1 aliphatic rings. The summed E-state index contributed by atoms with van der Waals surface area (Å²) in [4.78, 5) is 6.48. The lowest BCUT2D eigenvalue weighted by atomic mass is 10.1. The predicted molar refractivity (Wildman–Crippen MR) is 86.5 cm³/mol. The second-order valence-electron chi connectivity index (χ2n) is 6.11. The molecule has 0 radical (unpaired) electrons. The molecule has 2 heterocycles. The van der Waals surface area contributed by atoms with E-state index < -0.39 is 9.84 Å². The molecule has 1 saturated heterocycles. The van der Waals surface area contributed by atoms with Gasteiger partial charge in [-0.15, -0.1) is 0 Å². The van der Waals surface area contributed by atoms with Crippen LogP contribution in [0, 0.1) is 18.7 Å². The minimum Gasteiger partial charge on any atom is -0.370 e. The van der Waals surface area contributed by atoms with Gasteiger partial charge in [0.2, 0.25) is 0 Å². The van der Waals surface area contributed by atoms with Gasteiger partial charge in [0, 0.05) is 29.9 Å². The van der Waals surface area contributed by atoms with Crippen molar-refractivity contribution in [2.24, 2.45) is 5.92 Å². The Bertz CT molecular complexity index is 820. The van der Waals surface area contributed by atoms with E-state index in [4.69, 9.17) is 0 Å². The fourth-order valence-corrected chi connectivity index (χ4v) is 4.71. The number of sulfone groups is 1. The second kappa shape index (κ2) is 5.50. The molecule has 1 fully saturated rings. The molecular formula is C16H19FN2O2S. The Hall–Kier alpha value is -1.69. The van der Waals surface area contributed by atoms with Crippen molar-refractivity contribution < 1.29 is 12.8 Å². The zero-order valence-corrected chi connectivity index (χ0v) is 13.5. The Labute approximate surface area is 129 Å². The molecule has 22 heavy (non-hydrogen) atoms. The number of pyridine rings is 1. The summed E-state index contributed by atoms with van der Waals surface area (Å²) in [5.41, 5.74) is 2.44. The van der Waals surface area contributed by atoms with Gasteiger partial charge in [0.15, 0.2) is 9.84 Å². The van der Waals surface area contributed by atoms with Gasteiger partial charge in [-0.05, 0) is 37.1 Å². The summed E-state index contributed by atoms with van der Waals surface area (Å²) < 4.78 is 37.5. The van der Waals surface area contributed by atoms with Crippen molar-refractivity contribution in [2.45, 2.75) is 13.8 Å². The Morgan fingerprint density at radius 3 is 2.86 bits per heavy atom. The van der Waals surface area contributed by atoms with E-state index in [-0.39, 0.29) is 23.2 Å². The highest BCUT2D eigenvalue weighted by atomic mass is 32.2. The van der Waals surface area contributed by atoms with Gasteiger partial charge >= 0.3 is 0 Å². The van der Waals surface area contributed by atoms with Gasteiger partial charge in [-0.1, -0.05) is 6.92 Å². The van der Waals surface area contributed by atoms with Crippen molar-refractivity contribution in [1.29, 1.82) is 0 Å². The van der Waals surface area contributed by atoms with Crippen LogP contribution in [-0.2, 0) is 9.84 Å². The molecule has 1 unspecified atom stereocenters. The molecule has 4 nitrogen and oxygen atoms in total. The van der Waals surface area contributed by atoms with Crippen molar-refractivity contribution in [2.75, 3.05) is 29.5 Å². The summed E-state index contributed by atoms with van der Waals surface area (Å²) in [6, 6.07) is 6.45. The number of hydrogen-bond donors (Lipinski definition) is 0. The van der Waals surface area contributed by atoms with E-state index in [1.54, 1.807) is 6.07 Å². The normalized spacial score (nSPS) is 21.8. The van der Waals surface area contributed by atoms with E-state index in [2.05, 4.69) is 4.98 Å². The molecule has 0 amide bonds. The molecular weight excluding hydrogens is 303 g/mol. The third-order valence-electron chi connectivity index (χ3n) is 3.96. The smallest absolute Gasteiger partial charge is 0.152 e. The van der Waals surface area contributed by atoms with Crippen LogP contribution in [0.1, 0.15) is 12.6 Å². The van der Waals surface area contributed by atoms with Gasteiger partial charge in [-0.25, -0.2) is 12.8 Å². The van der Waals surface area contributed by atoms with Gasteiger partial charge in [0.1, 0.15) is 5.82 Å². The van der Waals surface area contributed by atoms with Crippen LogP contribution in [0.3, 0.4) is 0 Å². The maximum absolute atomic E-state index is 13.6. The first-order chi connectivity index (χ1) is 10.3. The molecule has 0 aliphatic carbocycles. The van der Waals surface area contributed by atoms with Gasteiger partial charge in [-0.2, -0.15) is 0 Å². The molecule has 1 atom stereocenters. The lowest BCUT2D eigenvalue weighted by Crippen LogP contribution is -2.29. The summed E-state index contributed by atoms with van der Waals surface area (Å²) >= 11 is 0. The first-order valence-electron chi connectivity index (χ1n) is 7.36. The quantitative estimate of drug-likeness (QED) is 0.810. The van der Waals surface area contributed by atoms with E-state index in [0.29, 0.717) is 13.1 Å². The number of halogens is 1.